The first-order valence-corrected chi connectivity index (χ1v) is 9.06. The molecular formula is C15H16ClN3S2. The molecule has 110 valence electrons. The summed E-state index contributed by atoms with van der Waals surface area (Å²) in [4.78, 5) is 2.19. The molecule has 0 aromatic heterocycles. The van der Waals surface area contributed by atoms with Crippen molar-refractivity contribution in [3.8, 4) is 0 Å². The van der Waals surface area contributed by atoms with Crippen molar-refractivity contribution in [2.75, 3.05) is 23.1 Å². The summed E-state index contributed by atoms with van der Waals surface area (Å²) in [5.74, 6) is 0.191. The van der Waals surface area contributed by atoms with E-state index in [0.29, 0.717) is 5.02 Å². The molecule has 6 heteroatoms. The maximum atomic E-state index is 8.06. The average Bonchev–Trinajstić information content (AvgIpc) is 2.50. The van der Waals surface area contributed by atoms with Crippen molar-refractivity contribution >= 4 is 52.5 Å². The Bertz CT molecular complexity index is 647. The van der Waals surface area contributed by atoms with Gasteiger partial charge in [0.15, 0.2) is 5.96 Å². The van der Waals surface area contributed by atoms with Crippen LogP contribution in [0.1, 0.15) is 0 Å². The van der Waals surface area contributed by atoms with E-state index in [4.69, 9.17) is 17.0 Å². The number of hydrogen-bond acceptors (Lipinski definition) is 3. The topological polar surface area (TPSA) is 47.9 Å². The molecule has 0 amide bonds. The van der Waals surface area contributed by atoms with Gasteiger partial charge >= 0.3 is 0 Å². The average molecular weight is 338 g/mol. The fourth-order valence-corrected chi connectivity index (χ4v) is 2.93. The molecule has 2 aromatic carbocycles. The van der Waals surface area contributed by atoms with Gasteiger partial charge in [0.05, 0.1) is 16.4 Å². The summed E-state index contributed by atoms with van der Waals surface area (Å²) < 4.78 is 0. The zero-order valence-electron chi connectivity index (χ0n) is 11.7. The summed E-state index contributed by atoms with van der Waals surface area (Å²) in [5, 5.41) is 14.7. The van der Waals surface area contributed by atoms with E-state index in [0.717, 1.165) is 21.2 Å². The number of halogens is 1. The summed E-state index contributed by atoms with van der Waals surface area (Å²) >= 11 is 9.43. The molecular weight excluding hydrogens is 322 g/mol. The fourth-order valence-electron chi connectivity index (χ4n) is 1.78. The van der Waals surface area contributed by atoms with E-state index < -0.39 is 0 Å². The largest absolute Gasteiger partial charge is 0.325 e. The van der Waals surface area contributed by atoms with Crippen molar-refractivity contribution in [2.24, 2.45) is 0 Å². The van der Waals surface area contributed by atoms with Crippen molar-refractivity contribution in [1.82, 2.24) is 0 Å². The van der Waals surface area contributed by atoms with Gasteiger partial charge in [-0.3, -0.25) is 5.41 Å². The molecule has 21 heavy (non-hydrogen) atoms. The standard InChI is InChI=1S/C15H16ClN3S2/c1-20-10-7-8-11(16)13(9-10)19-15(17)18-12-5-3-4-6-14(12)21-2/h3-9H,1-2H3,(H3,17,18,19). The summed E-state index contributed by atoms with van der Waals surface area (Å²) in [7, 11) is 0. The molecule has 0 radical (unpaired) electrons. The van der Waals surface area contributed by atoms with E-state index in [-0.39, 0.29) is 5.96 Å². The predicted octanol–water partition coefficient (Wildman–Crippen LogP) is 5.24. The lowest BCUT2D eigenvalue weighted by Crippen LogP contribution is -2.21. The van der Waals surface area contributed by atoms with Crippen LogP contribution in [0.3, 0.4) is 0 Å². The Labute approximate surface area is 138 Å². The third kappa shape index (κ3) is 4.33. The maximum absolute atomic E-state index is 8.06. The van der Waals surface area contributed by atoms with Gasteiger partial charge in [0.25, 0.3) is 0 Å². The van der Waals surface area contributed by atoms with Gasteiger partial charge in [-0.1, -0.05) is 23.7 Å². The second kappa shape index (κ2) is 7.64. The summed E-state index contributed by atoms with van der Waals surface area (Å²) in [6.45, 7) is 0. The molecule has 0 spiro atoms. The number of nitrogens with one attached hydrogen (secondary N) is 3. The highest BCUT2D eigenvalue weighted by Gasteiger charge is 2.06. The predicted molar refractivity (Wildman–Crippen MR) is 96.4 cm³/mol. The molecule has 0 aliphatic heterocycles. The van der Waals surface area contributed by atoms with Crippen LogP contribution < -0.4 is 10.6 Å². The van der Waals surface area contributed by atoms with Gasteiger partial charge < -0.3 is 10.6 Å². The second-order valence-corrected chi connectivity index (χ2v) is 6.31. The van der Waals surface area contributed by atoms with E-state index in [9.17, 15) is 0 Å². The zero-order valence-corrected chi connectivity index (χ0v) is 14.1. The fraction of sp³-hybridized carbons (Fsp3) is 0.133. The second-order valence-electron chi connectivity index (χ2n) is 4.17. The van der Waals surface area contributed by atoms with Crippen LogP contribution in [0.2, 0.25) is 5.02 Å². The number of guanidine groups is 1. The summed E-state index contributed by atoms with van der Waals surface area (Å²) in [6, 6.07) is 13.6. The van der Waals surface area contributed by atoms with E-state index in [1.165, 1.54) is 0 Å². The Morgan fingerprint density at radius 1 is 1.00 bits per heavy atom. The minimum Gasteiger partial charge on any atom is -0.325 e. The number of hydrogen-bond donors (Lipinski definition) is 3. The summed E-state index contributed by atoms with van der Waals surface area (Å²) in [6.07, 6.45) is 4.02. The minimum atomic E-state index is 0.191. The van der Waals surface area contributed by atoms with Gasteiger partial charge in [0, 0.05) is 9.79 Å². The number of rotatable bonds is 4. The molecule has 0 bridgehead atoms. The maximum Gasteiger partial charge on any atom is 0.197 e. The lowest BCUT2D eigenvalue weighted by molar-refractivity contribution is 1.37. The smallest absolute Gasteiger partial charge is 0.197 e. The monoisotopic (exact) mass is 337 g/mol. The van der Waals surface area contributed by atoms with E-state index >= 15 is 0 Å². The van der Waals surface area contributed by atoms with Crippen LogP contribution in [-0.2, 0) is 0 Å². The first-order chi connectivity index (χ1) is 10.1. The Hall–Kier alpha value is -1.30. The van der Waals surface area contributed by atoms with Crippen LogP contribution in [0, 0.1) is 5.41 Å². The van der Waals surface area contributed by atoms with E-state index in [1.807, 2.05) is 55.0 Å². The number of para-hydroxylation sites is 1. The molecule has 3 N–H and O–H groups in total. The molecule has 2 aromatic rings. The molecule has 3 nitrogen and oxygen atoms in total. The quantitative estimate of drug-likeness (QED) is 0.405. The number of anilines is 2. The van der Waals surface area contributed by atoms with Crippen molar-refractivity contribution in [3.63, 3.8) is 0 Å². The van der Waals surface area contributed by atoms with Gasteiger partial charge in [0.1, 0.15) is 0 Å². The number of thioether (sulfide) groups is 2. The highest BCUT2D eigenvalue weighted by atomic mass is 35.5. The van der Waals surface area contributed by atoms with Gasteiger partial charge in [-0.05, 0) is 42.8 Å². The lowest BCUT2D eigenvalue weighted by atomic mass is 10.3. The van der Waals surface area contributed by atoms with Gasteiger partial charge in [-0.25, -0.2) is 0 Å². The normalized spacial score (nSPS) is 10.2. The Morgan fingerprint density at radius 3 is 2.43 bits per heavy atom. The third-order valence-corrected chi connectivity index (χ3v) is 4.65. The molecule has 0 saturated carbocycles. The molecule has 0 aliphatic rings. The van der Waals surface area contributed by atoms with Crippen LogP contribution >= 0.6 is 35.1 Å². The zero-order chi connectivity index (χ0) is 15.2. The van der Waals surface area contributed by atoms with E-state index in [2.05, 4.69) is 10.6 Å². The molecule has 0 unspecified atom stereocenters. The molecule has 0 aliphatic carbocycles. The van der Waals surface area contributed by atoms with Crippen LogP contribution in [0.25, 0.3) is 0 Å². The first kappa shape index (κ1) is 16.1. The Morgan fingerprint density at radius 2 is 1.71 bits per heavy atom. The van der Waals surface area contributed by atoms with Gasteiger partial charge in [-0.2, -0.15) is 0 Å². The van der Waals surface area contributed by atoms with Crippen molar-refractivity contribution in [3.05, 3.63) is 47.5 Å². The summed E-state index contributed by atoms with van der Waals surface area (Å²) in [5.41, 5.74) is 1.63. The lowest BCUT2D eigenvalue weighted by Gasteiger charge is -2.14. The van der Waals surface area contributed by atoms with Crippen molar-refractivity contribution < 1.29 is 0 Å². The van der Waals surface area contributed by atoms with Crippen LogP contribution in [0.5, 0.6) is 0 Å². The van der Waals surface area contributed by atoms with Crippen molar-refractivity contribution in [2.45, 2.75) is 9.79 Å². The molecule has 0 heterocycles. The molecule has 0 atom stereocenters. The van der Waals surface area contributed by atoms with E-state index in [1.54, 1.807) is 23.5 Å². The highest BCUT2D eigenvalue weighted by Crippen LogP contribution is 2.28. The highest BCUT2D eigenvalue weighted by molar-refractivity contribution is 7.99. The van der Waals surface area contributed by atoms with Crippen LogP contribution in [0.15, 0.2) is 52.3 Å². The number of benzene rings is 2. The first-order valence-electron chi connectivity index (χ1n) is 6.23. The third-order valence-electron chi connectivity index (χ3n) is 2.80. The molecule has 2 rings (SSSR count). The van der Waals surface area contributed by atoms with Gasteiger partial charge in [0.2, 0.25) is 0 Å². The van der Waals surface area contributed by atoms with Gasteiger partial charge in [-0.15, -0.1) is 23.5 Å². The Balaban J connectivity index is 2.11. The van der Waals surface area contributed by atoms with Crippen molar-refractivity contribution in [1.29, 1.82) is 5.41 Å². The van der Waals surface area contributed by atoms with Crippen LogP contribution in [0.4, 0.5) is 11.4 Å². The van der Waals surface area contributed by atoms with Crippen LogP contribution in [-0.4, -0.2) is 18.5 Å². The molecule has 0 saturated heterocycles. The SMILES string of the molecule is CSc1ccc(Cl)c(NC(=N)Nc2ccccc2SC)c1. The Kier molecular flexibility index (Phi) is 5.85. The molecule has 0 fully saturated rings. The minimum absolute atomic E-state index is 0.191.